The fourth-order valence-corrected chi connectivity index (χ4v) is 0.0645. The zero-order chi connectivity index (χ0) is 10.1. The predicted octanol–water partition coefficient (Wildman–Crippen LogP) is 3.92. The van der Waals surface area contributed by atoms with Crippen molar-refractivity contribution in [1.82, 2.24) is 0 Å². The summed E-state index contributed by atoms with van der Waals surface area (Å²) >= 11 is 4.24. The Morgan fingerprint density at radius 1 is 1.15 bits per heavy atom. The molecule has 0 spiro atoms. The molecule has 81 valence electrons. The van der Waals surface area contributed by atoms with Crippen molar-refractivity contribution in [3.63, 3.8) is 0 Å². The molecule has 0 aliphatic carbocycles. The first-order valence-electron chi connectivity index (χ1n) is 3.46. The van der Waals surface area contributed by atoms with Gasteiger partial charge in [0.2, 0.25) is 0 Å². The van der Waals surface area contributed by atoms with Crippen LogP contribution in [0.25, 0.3) is 5.32 Å². The molecule has 0 unspecified atom stereocenters. The summed E-state index contributed by atoms with van der Waals surface area (Å²) in [4.78, 5) is 9.19. The Morgan fingerprint density at radius 3 is 1.38 bits per heavy atom. The Balaban J connectivity index is -0.0000000135. The summed E-state index contributed by atoms with van der Waals surface area (Å²) in [6.45, 7) is 8.21. The first kappa shape index (κ1) is 36.1. The van der Waals surface area contributed by atoms with E-state index >= 15 is 0 Å². The quantitative estimate of drug-likeness (QED) is 0.323. The van der Waals surface area contributed by atoms with Gasteiger partial charge in [-0.2, -0.15) is 7.05 Å². The van der Waals surface area contributed by atoms with Crippen molar-refractivity contribution < 1.29 is 54.5 Å². The molecule has 13 heavy (non-hydrogen) atoms. The number of halogens is 2. The minimum absolute atomic E-state index is 0. The standard InChI is InChI=1S/C3H5NO.2C2H6.I2.U.V/c1-4-2-3-5;3*1-2;;/h2H2,1H3;2*1-2H3;;;/q-2;;;;;. The van der Waals surface area contributed by atoms with E-state index in [4.69, 9.17) is 0 Å². The van der Waals surface area contributed by atoms with Gasteiger partial charge in [-0.25, -0.2) is 0 Å². The summed E-state index contributed by atoms with van der Waals surface area (Å²) in [5, 5.41) is 3.43. The summed E-state index contributed by atoms with van der Waals surface area (Å²) in [6.07, 6.45) is 1.60. The first-order valence-corrected chi connectivity index (χ1v) is 9.75. The van der Waals surface area contributed by atoms with Gasteiger partial charge < -0.3 is 10.1 Å². The largest absolute Gasteiger partial charge is 0.688 e. The van der Waals surface area contributed by atoms with Crippen molar-refractivity contribution in [1.29, 1.82) is 0 Å². The summed E-state index contributed by atoms with van der Waals surface area (Å²) in [5.74, 6) is 0. The van der Waals surface area contributed by atoms with Crippen LogP contribution in [0.15, 0.2) is 0 Å². The van der Waals surface area contributed by atoms with Gasteiger partial charge in [0.25, 0.3) is 0 Å². The van der Waals surface area contributed by atoms with Crippen LogP contribution in [0, 0.1) is 31.1 Å². The number of hydrogen-bond donors (Lipinski definition) is 0. The Labute approximate surface area is 142 Å². The van der Waals surface area contributed by atoms with Crippen LogP contribution in [0.3, 0.4) is 0 Å². The SMILES string of the molecule is CC.CC.C[N-]C[C-]=O.II.[U].[V]. The Hall–Kier alpha value is 2.73. The van der Waals surface area contributed by atoms with E-state index in [1.165, 1.54) is 0 Å². The average molecular weight is 674 g/mol. The molecule has 0 bridgehead atoms. The van der Waals surface area contributed by atoms with E-state index in [1.807, 2.05) is 27.7 Å². The number of hydrogen-bond acceptors (Lipinski definition) is 1. The molecule has 0 heterocycles. The van der Waals surface area contributed by atoms with Gasteiger partial charge in [0.05, 0.1) is 0 Å². The van der Waals surface area contributed by atoms with Crippen LogP contribution in [0.5, 0.6) is 0 Å². The monoisotopic (exact) mass is 674 g/mol. The van der Waals surface area contributed by atoms with E-state index in [9.17, 15) is 4.79 Å². The molecule has 0 atom stereocenters. The second-order valence-electron chi connectivity index (χ2n) is 0.619. The van der Waals surface area contributed by atoms with Gasteiger partial charge in [0.1, 0.15) is 0 Å². The van der Waals surface area contributed by atoms with Crippen LogP contribution < -0.4 is 0 Å². The van der Waals surface area contributed by atoms with E-state index in [1.54, 1.807) is 13.3 Å². The topological polar surface area (TPSA) is 31.2 Å². The normalized spacial score (nSPS) is 4.23. The van der Waals surface area contributed by atoms with E-state index in [2.05, 4.69) is 42.5 Å². The zero-order valence-electron chi connectivity index (χ0n) is 8.77. The summed E-state index contributed by atoms with van der Waals surface area (Å²) in [5.41, 5.74) is 0. The van der Waals surface area contributed by atoms with Crippen molar-refractivity contribution in [2.75, 3.05) is 13.6 Å². The maximum Gasteiger partial charge on any atom is 0 e. The number of rotatable bonds is 2. The zero-order valence-corrected chi connectivity index (χ0v) is 18.6. The molecule has 0 aromatic carbocycles. The van der Waals surface area contributed by atoms with E-state index < -0.39 is 0 Å². The molecular formula is C7H17I2NOUV-2. The molecule has 6 heteroatoms. The molecule has 0 aliphatic heterocycles. The van der Waals surface area contributed by atoms with Crippen LogP contribution in [0.1, 0.15) is 27.7 Å². The van der Waals surface area contributed by atoms with E-state index in [0.29, 0.717) is 0 Å². The van der Waals surface area contributed by atoms with Crippen molar-refractivity contribution in [3.8, 4) is 0 Å². The third kappa shape index (κ3) is 107. The molecule has 1 radical (unpaired) electrons. The molecule has 0 aromatic rings. The molecular weight excluding hydrogens is 657 g/mol. The summed E-state index contributed by atoms with van der Waals surface area (Å²) in [7, 11) is 1.57. The Morgan fingerprint density at radius 2 is 1.38 bits per heavy atom. The van der Waals surface area contributed by atoms with Crippen molar-refractivity contribution in [2.45, 2.75) is 27.7 Å². The molecule has 0 fully saturated rings. The second-order valence-corrected chi connectivity index (χ2v) is 0.619. The third-order valence-corrected chi connectivity index (χ3v) is 0.223. The van der Waals surface area contributed by atoms with Crippen LogP contribution in [0.4, 0.5) is 0 Å². The van der Waals surface area contributed by atoms with Gasteiger partial charge >= 0.3 is 0 Å². The van der Waals surface area contributed by atoms with Gasteiger partial charge in [0.15, 0.2) is 0 Å². The molecule has 0 amide bonds. The summed E-state index contributed by atoms with van der Waals surface area (Å²) < 4.78 is 0. The Bertz CT molecular complexity index is 47.7. The van der Waals surface area contributed by atoms with Crippen LogP contribution in [0.2, 0.25) is 0 Å². The van der Waals surface area contributed by atoms with Crippen LogP contribution in [-0.2, 0) is 23.4 Å². The van der Waals surface area contributed by atoms with Gasteiger partial charge in [-0.15, -0.1) is 0 Å². The predicted molar refractivity (Wildman–Crippen MR) is 70.6 cm³/mol. The minimum atomic E-state index is 0. The molecule has 0 saturated heterocycles. The van der Waals surface area contributed by atoms with Gasteiger partial charge in [-0.1, -0.05) is 27.7 Å². The van der Waals surface area contributed by atoms with Crippen LogP contribution >= 0.6 is 37.2 Å². The average Bonchev–Trinajstić information content (AvgIpc) is 2.16. The number of likely N-dealkylation sites (N-methyl/N-ethyl adjacent to an activating group) is 1. The molecule has 0 saturated carbocycles. The maximum absolute atomic E-state index is 9.19. The van der Waals surface area contributed by atoms with Gasteiger partial charge in [-0.05, 0) is 0 Å². The third-order valence-electron chi connectivity index (χ3n) is 0.223. The first-order chi connectivity index (χ1) is 5.41. The van der Waals surface area contributed by atoms with Crippen LogP contribution in [-0.4, -0.2) is 19.9 Å². The fourth-order valence-electron chi connectivity index (χ4n) is 0.0645. The minimum Gasteiger partial charge on any atom is -0.688 e. The molecule has 0 N–H and O–H groups in total. The van der Waals surface area contributed by atoms with E-state index in [-0.39, 0.29) is 56.2 Å². The molecule has 0 aromatic heterocycles. The molecule has 2 nitrogen and oxygen atoms in total. The Kier molecular flexibility index (Phi) is 235. The molecule has 0 aliphatic rings. The van der Waals surface area contributed by atoms with Crippen molar-refractivity contribution in [2.24, 2.45) is 0 Å². The second kappa shape index (κ2) is 84.6. The summed E-state index contributed by atoms with van der Waals surface area (Å²) in [6, 6.07) is 0. The van der Waals surface area contributed by atoms with Gasteiger partial charge in [-0.3, -0.25) is 12.8 Å². The number of carbonyl (C=O) groups excluding carboxylic acids is 1. The van der Waals surface area contributed by atoms with Crippen molar-refractivity contribution >= 4 is 43.5 Å². The number of nitrogens with zero attached hydrogens (tertiary/aromatic N) is 1. The van der Waals surface area contributed by atoms with E-state index in [0.717, 1.165) is 0 Å². The fraction of sp³-hybridized carbons (Fsp3) is 0.857. The smallest absolute Gasteiger partial charge is 0 e. The van der Waals surface area contributed by atoms with Crippen molar-refractivity contribution in [3.05, 3.63) is 5.32 Å². The van der Waals surface area contributed by atoms with Gasteiger partial charge in [0, 0.05) is 86.9 Å². The molecule has 0 rings (SSSR count). The maximum atomic E-state index is 9.19.